The zero-order valence-electron chi connectivity index (χ0n) is 8.61. The summed E-state index contributed by atoms with van der Waals surface area (Å²) in [6, 6.07) is 0.128. The molecule has 0 aromatic carbocycles. The van der Waals surface area contributed by atoms with E-state index in [0.717, 1.165) is 12.8 Å². The third kappa shape index (κ3) is 1.97. The van der Waals surface area contributed by atoms with Gasteiger partial charge >= 0.3 is 6.09 Å². The van der Waals surface area contributed by atoms with Gasteiger partial charge in [0.05, 0.1) is 6.04 Å². The van der Waals surface area contributed by atoms with E-state index < -0.39 is 0 Å². The van der Waals surface area contributed by atoms with Gasteiger partial charge in [0.2, 0.25) is 0 Å². The van der Waals surface area contributed by atoms with Crippen LogP contribution in [-0.4, -0.2) is 29.7 Å². The topological polar surface area (TPSA) is 29.5 Å². The van der Waals surface area contributed by atoms with Crippen molar-refractivity contribution < 1.29 is 9.53 Å². The van der Waals surface area contributed by atoms with Gasteiger partial charge in [-0.25, -0.2) is 4.79 Å². The van der Waals surface area contributed by atoms with E-state index in [-0.39, 0.29) is 18.2 Å². The van der Waals surface area contributed by atoms with Gasteiger partial charge < -0.3 is 4.74 Å². The molecule has 3 heteroatoms. The number of hydrogen-bond donors (Lipinski definition) is 0. The molecule has 1 aliphatic heterocycles. The van der Waals surface area contributed by atoms with Crippen molar-refractivity contribution in [1.29, 1.82) is 0 Å². The molecule has 3 nitrogen and oxygen atoms in total. The van der Waals surface area contributed by atoms with Crippen LogP contribution in [0.2, 0.25) is 0 Å². The lowest BCUT2D eigenvalue weighted by atomic mass is 10.1. The van der Waals surface area contributed by atoms with Crippen molar-refractivity contribution in [2.24, 2.45) is 0 Å². The highest BCUT2D eigenvalue weighted by Gasteiger charge is 2.38. The molecule has 1 heterocycles. The molecule has 14 heavy (non-hydrogen) atoms. The predicted molar refractivity (Wildman–Crippen MR) is 56.1 cm³/mol. The fourth-order valence-corrected chi connectivity index (χ4v) is 1.77. The number of rotatable bonds is 5. The molecule has 0 N–H and O–H groups in total. The summed E-state index contributed by atoms with van der Waals surface area (Å²) in [4.78, 5) is 13.2. The Kier molecular flexibility index (Phi) is 3.74. The number of hydrogen-bond acceptors (Lipinski definition) is 2. The Morgan fingerprint density at radius 2 is 2.21 bits per heavy atom. The van der Waals surface area contributed by atoms with Gasteiger partial charge in [-0.15, -0.1) is 13.2 Å². The maximum Gasteiger partial charge on any atom is 0.410 e. The van der Waals surface area contributed by atoms with Crippen molar-refractivity contribution in [2.75, 3.05) is 6.54 Å². The molecular formula is C11H17NO2. The second-order valence-corrected chi connectivity index (χ2v) is 3.36. The number of cyclic esters (lactones) is 1. The SMILES string of the molecule is C=CC[C@H]1[C@H](CC)OC(=O)N1CC=C. The minimum Gasteiger partial charge on any atom is -0.444 e. The van der Waals surface area contributed by atoms with Crippen molar-refractivity contribution in [1.82, 2.24) is 4.90 Å². The van der Waals surface area contributed by atoms with E-state index in [4.69, 9.17) is 4.74 Å². The van der Waals surface area contributed by atoms with Gasteiger partial charge in [-0.2, -0.15) is 0 Å². The normalized spacial score (nSPS) is 26.1. The summed E-state index contributed by atoms with van der Waals surface area (Å²) in [5.41, 5.74) is 0. The van der Waals surface area contributed by atoms with Gasteiger partial charge in [0.1, 0.15) is 6.10 Å². The molecule has 0 aromatic rings. The van der Waals surface area contributed by atoms with E-state index in [1.54, 1.807) is 11.0 Å². The summed E-state index contributed by atoms with van der Waals surface area (Å²) in [5.74, 6) is 0. The average Bonchev–Trinajstić information content (AvgIpc) is 2.47. The van der Waals surface area contributed by atoms with Crippen LogP contribution >= 0.6 is 0 Å². The molecule has 0 radical (unpaired) electrons. The Balaban J connectivity index is 2.73. The third-order valence-electron chi connectivity index (χ3n) is 2.45. The van der Waals surface area contributed by atoms with E-state index in [9.17, 15) is 4.79 Å². The Labute approximate surface area is 85.0 Å². The second kappa shape index (κ2) is 4.84. The monoisotopic (exact) mass is 195 g/mol. The van der Waals surface area contributed by atoms with Crippen LogP contribution in [0.25, 0.3) is 0 Å². The summed E-state index contributed by atoms with van der Waals surface area (Å²) in [6.07, 6.45) is 4.93. The summed E-state index contributed by atoms with van der Waals surface area (Å²) >= 11 is 0. The third-order valence-corrected chi connectivity index (χ3v) is 2.45. The number of nitrogens with zero attached hydrogens (tertiary/aromatic N) is 1. The lowest BCUT2D eigenvalue weighted by Crippen LogP contribution is -2.36. The Hall–Kier alpha value is -1.25. The van der Waals surface area contributed by atoms with Crippen LogP contribution in [0.1, 0.15) is 19.8 Å². The molecular weight excluding hydrogens is 178 g/mol. The predicted octanol–water partition coefficient (Wildman–Crippen LogP) is 2.35. The van der Waals surface area contributed by atoms with E-state index in [1.807, 2.05) is 13.0 Å². The van der Waals surface area contributed by atoms with Crippen molar-refractivity contribution >= 4 is 6.09 Å². The zero-order valence-corrected chi connectivity index (χ0v) is 8.61. The van der Waals surface area contributed by atoms with Crippen molar-refractivity contribution in [3.05, 3.63) is 25.3 Å². The Morgan fingerprint density at radius 1 is 1.50 bits per heavy atom. The highest BCUT2D eigenvalue weighted by Crippen LogP contribution is 2.24. The van der Waals surface area contributed by atoms with Crippen LogP contribution in [0.3, 0.4) is 0 Å². The smallest absolute Gasteiger partial charge is 0.410 e. The molecule has 1 amide bonds. The Morgan fingerprint density at radius 3 is 2.71 bits per heavy atom. The highest BCUT2D eigenvalue weighted by molar-refractivity contribution is 5.71. The van der Waals surface area contributed by atoms with Gasteiger partial charge in [0, 0.05) is 6.54 Å². The van der Waals surface area contributed by atoms with Gasteiger partial charge in [0.25, 0.3) is 0 Å². The van der Waals surface area contributed by atoms with E-state index in [0.29, 0.717) is 6.54 Å². The molecule has 0 aliphatic carbocycles. The van der Waals surface area contributed by atoms with Crippen LogP contribution in [-0.2, 0) is 4.74 Å². The van der Waals surface area contributed by atoms with Crippen LogP contribution in [0.4, 0.5) is 4.79 Å². The first kappa shape index (κ1) is 10.8. The first-order valence-corrected chi connectivity index (χ1v) is 4.93. The molecule has 1 rings (SSSR count). The largest absolute Gasteiger partial charge is 0.444 e. The maximum absolute atomic E-state index is 11.4. The number of carbonyl (C=O) groups is 1. The molecule has 0 unspecified atom stereocenters. The van der Waals surface area contributed by atoms with Gasteiger partial charge in [0.15, 0.2) is 0 Å². The van der Waals surface area contributed by atoms with Gasteiger partial charge in [-0.3, -0.25) is 4.90 Å². The first-order chi connectivity index (χ1) is 6.74. The van der Waals surface area contributed by atoms with Gasteiger partial charge in [-0.05, 0) is 12.8 Å². The van der Waals surface area contributed by atoms with E-state index in [2.05, 4.69) is 13.2 Å². The van der Waals surface area contributed by atoms with Crippen molar-refractivity contribution in [3.63, 3.8) is 0 Å². The molecule has 2 atom stereocenters. The molecule has 0 spiro atoms. The molecule has 78 valence electrons. The maximum atomic E-state index is 11.4. The Bertz CT molecular complexity index is 237. The average molecular weight is 195 g/mol. The lowest BCUT2D eigenvalue weighted by molar-refractivity contribution is 0.127. The minimum absolute atomic E-state index is 0.000417. The summed E-state index contributed by atoms with van der Waals surface area (Å²) < 4.78 is 5.23. The van der Waals surface area contributed by atoms with Crippen LogP contribution in [0, 0.1) is 0 Å². The quantitative estimate of drug-likeness (QED) is 0.630. The van der Waals surface area contributed by atoms with E-state index >= 15 is 0 Å². The van der Waals surface area contributed by atoms with Crippen LogP contribution < -0.4 is 0 Å². The van der Waals surface area contributed by atoms with Crippen molar-refractivity contribution in [2.45, 2.75) is 31.9 Å². The number of amides is 1. The molecule has 1 fully saturated rings. The summed E-state index contributed by atoms with van der Waals surface area (Å²) in [5, 5.41) is 0. The number of carbonyl (C=O) groups excluding carboxylic acids is 1. The summed E-state index contributed by atoms with van der Waals surface area (Å²) in [6.45, 7) is 9.89. The fourth-order valence-electron chi connectivity index (χ4n) is 1.77. The fraction of sp³-hybridized carbons (Fsp3) is 0.545. The van der Waals surface area contributed by atoms with Gasteiger partial charge in [-0.1, -0.05) is 19.1 Å². The molecule has 0 bridgehead atoms. The standard InChI is InChI=1S/C11H17NO2/c1-4-7-9-10(6-3)14-11(13)12(9)8-5-2/h4-5,9-10H,1-2,6-8H2,3H3/t9-,10-/m0/s1. The summed E-state index contributed by atoms with van der Waals surface area (Å²) in [7, 11) is 0. The highest BCUT2D eigenvalue weighted by atomic mass is 16.6. The minimum atomic E-state index is -0.233. The first-order valence-electron chi connectivity index (χ1n) is 4.93. The zero-order chi connectivity index (χ0) is 10.6. The van der Waals surface area contributed by atoms with E-state index in [1.165, 1.54) is 0 Å². The molecule has 1 saturated heterocycles. The van der Waals surface area contributed by atoms with Crippen molar-refractivity contribution in [3.8, 4) is 0 Å². The van der Waals surface area contributed by atoms with Crippen LogP contribution in [0.15, 0.2) is 25.3 Å². The second-order valence-electron chi connectivity index (χ2n) is 3.36. The molecule has 0 aromatic heterocycles. The lowest BCUT2D eigenvalue weighted by Gasteiger charge is -2.21. The van der Waals surface area contributed by atoms with Crippen LogP contribution in [0.5, 0.6) is 0 Å². The number of ether oxygens (including phenoxy) is 1. The molecule has 1 aliphatic rings. The molecule has 0 saturated carbocycles.